The number of nitrogens with zero attached hydrogens (tertiary/aromatic N) is 6. The van der Waals surface area contributed by atoms with Crippen molar-refractivity contribution in [2.45, 2.75) is 33.6 Å². The number of rotatable bonds is 5. The summed E-state index contributed by atoms with van der Waals surface area (Å²) in [4.78, 5) is 26.5. The van der Waals surface area contributed by atoms with Gasteiger partial charge in [0.05, 0.1) is 0 Å². The Hall–Kier alpha value is -4.07. The second kappa shape index (κ2) is 7.88. The molecule has 0 bridgehead atoms. The number of fused-ring (bicyclic) bond motifs is 2. The lowest BCUT2D eigenvalue weighted by molar-refractivity contribution is -0.116. The summed E-state index contributed by atoms with van der Waals surface area (Å²) in [5.74, 6) is 1.17. The van der Waals surface area contributed by atoms with Gasteiger partial charge in [-0.3, -0.25) is 9.20 Å². The fraction of sp³-hybridized carbons (Fsp3) is 0.208. The number of aromatic nitrogens is 6. The van der Waals surface area contributed by atoms with Gasteiger partial charge in [0.2, 0.25) is 5.91 Å². The molecular weight excluding hydrogens is 402 g/mol. The van der Waals surface area contributed by atoms with Crippen LogP contribution in [-0.4, -0.2) is 34.9 Å². The molecule has 1 N–H and O–H groups in total. The van der Waals surface area contributed by atoms with Crippen molar-refractivity contribution >= 4 is 23.1 Å². The predicted octanol–water partition coefficient (Wildman–Crippen LogP) is 3.94. The zero-order chi connectivity index (χ0) is 22.2. The maximum Gasteiger partial charge on any atom is 0.252 e. The Morgan fingerprint density at radius 1 is 1.03 bits per heavy atom. The molecule has 0 atom stereocenters. The van der Waals surface area contributed by atoms with Crippen molar-refractivity contribution in [1.82, 2.24) is 29.0 Å². The van der Waals surface area contributed by atoms with Crippen LogP contribution in [0.25, 0.3) is 22.7 Å². The molecule has 8 heteroatoms. The number of benzene rings is 1. The maximum atomic E-state index is 13.0. The number of carbonyl (C=O) groups excluding carboxylic acids is 1. The Morgan fingerprint density at radius 2 is 1.84 bits per heavy atom. The molecule has 0 aliphatic carbocycles. The quantitative estimate of drug-likeness (QED) is 0.461. The molecular formula is C24H23N7O. The Kier molecular flexibility index (Phi) is 4.89. The molecule has 0 spiro atoms. The molecule has 0 fully saturated rings. The van der Waals surface area contributed by atoms with E-state index in [-0.39, 0.29) is 5.91 Å². The van der Waals surface area contributed by atoms with Gasteiger partial charge in [-0.15, -0.1) is 0 Å². The summed E-state index contributed by atoms with van der Waals surface area (Å²) >= 11 is 0. The van der Waals surface area contributed by atoms with E-state index in [1.54, 1.807) is 4.52 Å². The summed E-state index contributed by atoms with van der Waals surface area (Å²) in [6.45, 7) is 5.93. The fourth-order valence-corrected chi connectivity index (χ4v) is 4.07. The molecule has 0 saturated carbocycles. The topological polar surface area (TPSA) is 89.5 Å². The van der Waals surface area contributed by atoms with Crippen LogP contribution in [0.2, 0.25) is 0 Å². The maximum absolute atomic E-state index is 13.0. The van der Waals surface area contributed by atoms with Crippen LogP contribution in [0.5, 0.6) is 0 Å². The molecule has 0 saturated heterocycles. The Bertz CT molecular complexity index is 1450. The average Bonchev–Trinajstić information content (AvgIpc) is 3.40. The van der Waals surface area contributed by atoms with E-state index in [0.29, 0.717) is 24.4 Å². The Balaban J connectivity index is 1.45. The van der Waals surface area contributed by atoms with Gasteiger partial charge in [0.25, 0.3) is 5.78 Å². The normalized spacial score (nSPS) is 11.3. The highest BCUT2D eigenvalue weighted by Gasteiger charge is 2.18. The van der Waals surface area contributed by atoms with E-state index in [4.69, 9.17) is 4.98 Å². The first-order chi connectivity index (χ1) is 15.5. The van der Waals surface area contributed by atoms with E-state index in [9.17, 15) is 4.79 Å². The third-order valence-electron chi connectivity index (χ3n) is 5.74. The lowest BCUT2D eigenvalue weighted by Gasteiger charge is -2.11. The number of hydrogen-bond donors (Lipinski definition) is 1. The Morgan fingerprint density at radius 3 is 2.66 bits per heavy atom. The molecule has 5 rings (SSSR count). The van der Waals surface area contributed by atoms with E-state index < -0.39 is 0 Å². The first-order valence-electron chi connectivity index (χ1n) is 10.5. The van der Waals surface area contributed by atoms with Gasteiger partial charge in [-0.1, -0.05) is 36.4 Å². The minimum absolute atomic E-state index is 0.0806. The molecule has 0 aliphatic heterocycles. The molecule has 0 unspecified atom stereocenters. The van der Waals surface area contributed by atoms with Gasteiger partial charge in [0.15, 0.2) is 0 Å². The van der Waals surface area contributed by atoms with Crippen LogP contribution in [0.3, 0.4) is 0 Å². The molecule has 1 aromatic carbocycles. The SMILES string of the molecule is Cc1nc2ncnn2c(C)c1CCC(=O)Nc1c(-c2ccccc2)nc2c(C)cccn12. The molecule has 4 aromatic heterocycles. The minimum atomic E-state index is -0.0806. The molecule has 8 nitrogen and oxygen atoms in total. The number of hydrogen-bond acceptors (Lipinski definition) is 5. The molecule has 160 valence electrons. The zero-order valence-electron chi connectivity index (χ0n) is 18.2. The van der Waals surface area contributed by atoms with Gasteiger partial charge in [-0.2, -0.15) is 10.1 Å². The van der Waals surface area contributed by atoms with Crippen LogP contribution < -0.4 is 5.32 Å². The fourth-order valence-electron chi connectivity index (χ4n) is 4.07. The third-order valence-corrected chi connectivity index (χ3v) is 5.74. The Labute approximate surface area is 185 Å². The number of nitrogens with one attached hydrogen (secondary N) is 1. The average molecular weight is 425 g/mol. The van der Waals surface area contributed by atoms with Crippen molar-refractivity contribution in [3.05, 3.63) is 77.5 Å². The first-order valence-corrected chi connectivity index (χ1v) is 10.5. The van der Waals surface area contributed by atoms with Crippen LogP contribution in [0.4, 0.5) is 5.82 Å². The van der Waals surface area contributed by atoms with Crippen molar-refractivity contribution in [2.24, 2.45) is 0 Å². The number of amides is 1. The minimum Gasteiger partial charge on any atom is -0.310 e. The van der Waals surface area contributed by atoms with Crippen LogP contribution >= 0.6 is 0 Å². The molecule has 32 heavy (non-hydrogen) atoms. The highest BCUT2D eigenvalue weighted by molar-refractivity contribution is 5.94. The van der Waals surface area contributed by atoms with Crippen LogP contribution in [0, 0.1) is 20.8 Å². The van der Waals surface area contributed by atoms with Crippen LogP contribution in [0.1, 0.15) is 28.9 Å². The predicted molar refractivity (Wildman–Crippen MR) is 123 cm³/mol. The molecule has 5 aromatic rings. The van der Waals surface area contributed by atoms with Gasteiger partial charge in [0, 0.05) is 29.6 Å². The second-order valence-electron chi connectivity index (χ2n) is 7.84. The highest BCUT2D eigenvalue weighted by atomic mass is 16.1. The van der Waals surface area contributed by atoms with Crippen molar-refractivity contribution in [3.8, 4) is 11.3 Å². The van der Waals surface area contributed by atoms with Gasteiger partial charge in [-0.05, 0) is 44.4 Å². The third kappa shape index (κ3) is 3.39. The van der Waals surface area contributed by atoms with Crippen LogP contribution in [0.15, 0.2) is 55.0 Å². The number of carbonyl (C=O) groups is 1. The lowest BCUT2D eigenvalue weighted by Crippen LogP contribution is -2.16. The van der Waals surface area contributed by atoms with Gasteiger partial charge in [0.1, 0.15) is 23.5 Å². The molecule has 4 heterocycles. The summed E-state index contributed by atoms with van der Waals surface area (Å²) in [5, 5.41) is 7.33. The molecule has 1 amide bonds. The van der Waals surface area contributed by atoms with E-state index in [2.05, 4.69) is 20.4 Å². The number of imidazole rings is 1. The van der Waals surface area contributed by atoms with Crippen molar-refractivity contribution in [2.75, 3.05) is 5.32 Å². The zero-order valence-corrected chi connectivity index (χ0v) is 18.2. The summed E-state index contributed by atoms with van der Waals surface area (Å²) in [6.07, 6.45) is 4.29. The van der Waals surface area contributed by atoms with E-state index in [1.165, 1.54) is 6.33 Å². The number of pyridine rings is 1. The first kappa shape index (κ1) is 19.9. The van der Waals surface area contributed by atoms with Gasteiger partial charge < -0.3 is 5.32 Å². The van der Waals surface area contributed by atoms with Crippen LogP contribution in [-0.2, 0) is 11.2 Å². The summed E-state index contributed by atoms with van der Waals surface area (Å²) < 4.78 is 3.65. The highest BCUT2D eigenvalue weighted by Crippen LogP contribution is 2.30. The summed E-state index contributed by atoms with van der Waals surface area (Å²) in [5.41, 5.74) is 6.41. The lowest BCUT2D eigenvalue weighted by atomic mass is 10.1. The van der Waals surface area contributed by atoms with Crippen molar-refractivity contribution in [1.29, 1.82) is 0 Å². The largest absolute Gasteiger partial charge is 0.310 e. The van der Waals surface area contributed by atoms with E-state index in [1.807, 2.05) is 73.8 Å². The summed E-state index contributed by atoms with van der Waals surface area (Å²) in [7, 11) is 0. The standard InChI is InChI=1S/C24H23N7O/c1-15-8-7-13-30-22(15)29-21(18-9-5-4-6-10-18)23(30)28-20(32)12-11-19-16(2)27-24-25-14-26-31(24)17(19)3/h4-10,13-14H,11-12H2,1-3H3,(H,28,32). The smallest absolute Gasteiger partial charge is 0.252 e. The van der Waals surface area contributed by atoms with E-state index >= 15 is 0 Å². The number of anilines is 1. The second-order valence-corrected chi connectivity index (χ2v) is 7.84. The number of aryl methyl sites for hydroxylation is 3. The van der Waals surface area contributed by atoms with Crippen molar-refractivity contribution in [3.63, 3.8) is 0 Å². The molecule has 0 radical (unpaired) electrons. The van der Waals surface area contributed by atoms with Gasteiger partial charge >= 0.3 is 0 Å². The van der Waals surface area contributed by atoms with Gasteiger partial charge in [-0.25, -0.2) is 14.5 Å². The summed E-state index contributed by atoms with van der Waals surface area (Å²) in [6, 6.07) is 13.9. The monoisotopic (exact) mass is 425 g/mol. The van der Waals surface area contributed by atoms with E-state index in [0.717, 1.165) is 39.4 Å². The van der Waals surface area contributed by atoms with Crippen molar-refractivity contribution < 1.29 is 4.79 Å². The molecule has 0 aliphatic rings.